The first-order chi connectivity index (χ1) is 13.6. The van der Waals surface area contributed by atoms with Crippen LogP contribution >= 0.6 is 23.1 Å². The van der Waals surface area contributed by atoms with Gasteiger partial charge in [0.2, 0.25) is 5.91 Å². The number of para-hydroxylation sites is 1. The summed E-state index contributed by atoms with van der Waals surface area (Å²) >= 11 is 3.04. The van der Waals surface area contributed by atoms with Crippen molar-refractivity contribution < 1.29 is 14.3 Å². The zero-order chi connectivity index (χ0) is 19.6. The number of hydrogen-bond acceptors (Lipinski definition) is 6. The van der Waals surface area contributed by atoms with E-state index < -0.39 is 5.41 Å². The van der Waals surface area contributed by atoms with Gasteiger partial charge < -0.3 is 14.8 Å². The largest absolute Gasteiger partial charge is 0.497 e. The Morgan fingerprint density at radius 2 is 1.86 bits per heavy atom. The second-order valence-corrected chi connectivity index (χ2v) is 8.87. The second-order valence-electron chi connectivity index (χ2n) is 6.50. The van der Waals surface area contributed by atoms with E-state index in [0.29, 0.717) is 5.13 Å². The van der Waals surface area contributed by atoms with E-state index in [2.05, 4.69) is 10.3 Å². The third-order valence-electron chi connectivity index (χ3n) is 4.81. The fourth-order valence-corrected chi connectivity index (χ4v) is 5.01. The summed E-state index contributed by atoms with van der Waals surface area (Å²) in [6, 6.07) is 15.6. The Balaban J connectivity index is 1.45. The first-order valence-electron chi connectivity index (χ1n) is 8.87. The van der Waals surface area contributed by atoms with Crippen LogP contribution in [0, 0.1) is 0 Å². The van der Waals surface area contributed by atoms with Crippen LogP contribution in [0.25, 0.3) is 0 Å². The first kappa shape index (κ1) is 18.8. The van der Waals surface area contributed by atoms with E-state index in [4.69, 9.17) is 9.47 Å². The number of rotatable bonds is 7. The zero-order valence-corrected chi connectivity index (χ0v) is 17.2. The van der Waals surface area contributed by atoms with E-state index in [1.165, 1.54) is 11.3 Å². The van der Waals surface area contributed by atoms with E-state index in [1.54, 1.807) is 32.2 Å². The monoisotopic (exact) mass is 412 g/mol. The molecule has 1 amide bonds. The van der Waals surface area contributed by atoms with Crippen LogP contribution < -0.4 is 14.8 Å². The van der Waals surface area contributed by atoms with Crippen LogP contribution in [-0.4, -0.2) is 25.1 Å². The fraction of sp³-hybridized carbons (Fsp3) is 0.238. The van der Waals surface area contributed by atoms with E-state index in [0.717, 1.165) is 39.0 Å². The average molecular weight is 413 g/mol. The normalized spacial score (nSPS) is 14.4. The number of carbonyl (C=O) groups is 1. The minimum atomic E-state index is -0.450. The number of benzene rings is 2. The summed E-state index contributed by atoms with van der Waals surface area (Å²) in [6.45, 7) is 0. The van der Waals surface area contributed by atoms with Crippen molar-refractivity contribution >= 4 is 34.1 Å². The molecule has 144 valence electrons. The van der Waals surface area contributed by atoms with Gasteiger partial charge in [0.05, 0.1) is 34.9 Å². The number of thiazole rings is 1. The van der Waals surface area contributed by atoms with E-state index in [1.807, 2.05) is 48.5 Å². The van der Waals surface area contributed by atoms with Gasteiger partial charge in [-0.15, -0.1) is 0 Å². The molecule has 7 heteroatoms. The Morgan fingerprint density at radius 3 is 2.54 bits per heavy atom. The highest BCUT2D eigenvalue weighted by atomic mass is 32.2. The zero-order valence-electron chi connectivity index (χ0n) is 15.6. The lowest BCUT2D eigenvalue weighted by atomic mass is 9.95. The smallest absolute Gasteiger partial charge is 0.236 e. The molecule has 0 spiro atoms. The molecule has 2 aromatic carbocycles. The summed E-state index contributed by atoms with van der Waals surface area (Å²) in [5.74, 6) is 1.61. The third-order valence-corrected chi connectivity index (χ3v) is 6.88. The lowest BCUT2D eigenvalue weighted by Gasteiger charge is -2.15. The van der Waals surface area contributed by atoms with E-state index in [9.17, 15) is 4.79 Å². The number of ether oxygens (including phenoxy) is 2. The van der Waals surface area contributed by atoms with Crippen LogP contribution in [0.1, 0.15) is 18.4 Å². The number of amides is 1. The van der Waals surface area contributed by atoms with Crippen molar-refractivity contribution in [1.82, 2.24) is 4.98 Å². The Labute approximate surface area is 172 Å². The quantitative estimate of drug-likeness (QED) is 0.593. The van der Waals surface area contributed by atoms with Crippen molar-refractivity contribution in [2.24, 2.45) is 0 Å². The summed E-state index contributed by atoms with van der Waals surface area (Å²) in [5.41, 5.74) is 0.569. The minimum absolute atomic E-state index is 0.000795. The molecular weight excluding hydrogens is 392 g/mol. The van der Waals surface area contributed by atoms with Gasteiger partial charge in [-0.05, 0) is 42.7 Å². The Kier molecular flexibility index (Phi) is 5.28. The maximum atomic E-state index is 12.9. The topological polar surface area (TPSA) is 60.5 Å². The Hall–Kier alpha value is -2.51. The number of methoxy groups -OCH3 is 2. The highest BCUT2D eigenvalue weighted by Gasteiger charge is 2.51. The molecule has 0 atom stereocenters. The van der Waals surface area contributed by atoms with Crippen molar-refractivity contribution in [3.63, 3.8) is 0 Å². The second kappa shape index (κ2) is 7.85. The summed E-state index contributed by atoms with van der Waals surface area (Å²) in [7, 11) is 3.30. The molecule has 1 fully saturated rings. The lowest BCUT2D eigenvalue weighted by Crippen LogP contribution is -2.27. The predicted octanol–water partition coefficient (Wildman–Crippen LogP) is 4.98. The summed E-state index contributed by atoms with van der Waals surface area (Å²) in [4.78, 5) is 18.3. The van der Waals surface area contributed by atoms with Crippen molar-refractivity contribution in [3.8, 4) is 11.5 Å². The number of nitrogens with one attached hydrogen (secondary N) is 1. The van der Waals surface area contributed by atoms with Crippen LogP contribution in [0.15, 0.2) is 63.8 Å². The van der Waals surface area contributed by atoms with Crippen LogP contribution in [0.3, 0.4) is 0 Å². The number of nitrogens with zero attached hydrogens (tertiary/aromatic N) is 1. The van der Waals surface area contributed by atoms with Crippen LogP contribution in [0.5, 0.6) is 11.5 Å². The highest BCUT2D eigenvalue weighted by Crippen LogP contribution is 2.49. The van der Waals surface area contributed by atoms with Gasteiger partial charge in [0.25, 0.3) is 0 Å². The van der Waals surface area contributed by atoms with E-state index in [-0.39, 0.29) is 5.91 Å². The molecule has 1 aliphatic carbocycles. The van der Waals surface area contributed by atoms with Crippen molar-refractivity contribution in [2.45, 2.75) is 27.4 Å². The highest BCUT2D eigenvalue weighted by molar-refractivity contribution is 8.01. The maximum absolute atomic E-state index is 12.9. The van der Waals surface area contributed by atoms with E-state index >= 15 is 0 Å². The number of aromatic nitrogens is 1. The molecule has 1 aromatic heterocycles. The van der Waals surface area contributed by atoms with Gasteiger partial charge in [0.15, 0.2) is 5.13 Å². The van der Waals surface area contributed by atoms with Gasteiger partial charge in [0.1, 0.15) is 11.5 Å². The molecule has 0 aliphatic heterocycles. The molecule has 0 bridgehead atoms. The van der Waals surface area contributed by atoms with Gasteiger partial charge in [-0.3, -0.25) is 4.79 Å². The molecule has 0 saturated heterocycles. The number of anilines is 1. The molecule has 1 aliphatic rings. The van der Waals surface area contributed by atoms with Gasteiger partial charge >= 0.3 is 0 Å². The van der Waals surface area contributed by atoms with Gasteiger partial charge in [-0.1, -0.05) is 47.4 Å². The third kappa shape index (κ3) is 3.72. The standard InChI is InChI=1S/C21H20N2O3S2/c1-25-15-9-7-14(8-10-15)21(11-12-21)19(24)23-20-22-13-18(28-20)27-17-6-4-3-5-16(17)26-2/h3-10,13H,11-12H2,1-2H3,(H,22,23,24). The summed E-state index contributed by atoms with van der Waals surface area (Å²) in [6.07, 6.45) is 3.48. The SMILES string of the molecule is COc1ccc(C2(C(=O)Nc3ncc(Sc4ccccc4OC)s3)CC2)cc1. The Morgan fingerprint density at radius 1 is 1.11 bits per heavy atom. The number of carbonyl (C=O) groups excluding carboxylic acids is 1. The maximum Gasteiger partial charge on any atom is 0.236 e. The van der Waals surface area contributed by atoms with Crippen LogP contribution in [-0.2, 0) is 10.2 Å². The molecule has 1 saturated carbocycles. The van der Waals surface area contributed by atoms with Gasteiger partial charge in [-0.25, -0.2) is 4.98 Å². The molecule has 4 rings (SSSR count). The molecular formula is C21H20N2O3S2. The average Bonchev–Trinajstić information content (AvgIpc) is 3.44. The van der Waals surface area contributed by atoms with Gasteiger partial charge in [-0.2, -0.15) is 0 Å². The van der Waals surface area contributed by atoms with Crippen molar-refractivity contribution in [3.05, 3.63) is 60.3 Å². The summed E-state index contributed by atoms with van der Waals surface area (Å²) in [5, 5.41) is 3.61. The van der Waals surface area contributed by atoms with Crippen molar-refractivity contribution in [1.29, 1.82) is 0 Å². The van der Waals surface area contributed by atoms with Crippen LogP contribution in [0.4, 0.5) is 5.13 Å². The first-order valence-corrected chi connectivity index (χ1v) is 10.5. The van der Waals surface area contributed by atoms with Gasteiger partial charge in [0, 0.05) is 0 Å². The Bertz CT molecular complexity index is 981. The molecule has 1 N–H and O–H groups in total. The lowest BCUT2D eigenvalue weighted by molar-refractivity contribution is -0.118. The fourth-order valence-electron chi connectivity index (χ4n) is 3.07. The molecule has 1 heterocycles. The molecule has 28 heavy (non-hydrogen) atoms. The summed E-state index contributed by atoms with van der Waals surface area (Å²) < 4.78 is 11.6. The van der Waals surface area contributed by atoms with Crippen LogP contribution in [0.2, 0.25) is 0 Å². The molecule has 0 unspecified atom stereocenters. The molecule has 0 radical (unpaired) electrons. The minimum Gasteiger partial charge on any atom is -0.497 e. The number of hydrogen-bond donors (Lipinski definition) is 1. The molecule has 3 aromatic rings. The predicted molar refractivity (Wildman–Crippen MR) is 112 cm³/mol. The molecule has 5 nitrogen and oxygen atoms in total. The van der Waals surface area contributed by atoms with Crippen molar-refractivity contribution in [2.75, 3.05) is 19.5 Å².